The lowest BCUT2D eigenvalue weighted by molar-refractivity contribution is -0.00580. The topological polar surface area (TPSA) is 51.7 Å². The smallest absolute Gasteiger partial charge is 0.410 e. The van der Waals surface area contributed by atoms with E-state index in [0.717, 1.165) is 17.5 Å². The zero-order valence-electron chi connectivity index (χ0n) is 13.0. The number of methoxy groups -OCH3 is 1. The second-order valence-corrected chi connectivity index (χ2v) is 6.05. The van der Waals surface area contributed by atoms with Gasteiger partial charge < -0.3 is 14.4 Å². The first-order chi connectivity index (χ1) is 9.85. The number of carbonyl (C=O) groups is 1. The molecule has 21 heavy (non-hydrogen) atoms. The summed E-state index contributed by atoms with van der Waals surface area (Å²) in [6.45, 7) is 10.1. The van der Waals surface area contributed by atoms with Crippen LogP contribution in [-0.4, -0.2) is 35.2 Å². The number of rotatable bonds is 3. The van der Waals surface area contributed by atoms with E-state index >= 15 is 0 Å². The molecule has 1 fully saturated rings. The summed E-state index contributed by atoms with van der Waals surface area (Å²) in [5.41, 5.74) is 1.32. The molecule has 0 aromatic carbocycles. The van der Waals surface area contributed by atoms with Crippen molar-refractivity contribution in [1.29, 1.82) is 0 Å². The second-order valence-electron chi connectivity index (χ2n) is 6.05. The van der Waals surface area contributed by atoms with Gasteiger partial charge in [0.1, 0.15) is 5.60 Å². The van der Waals surface area contributed by atoms with Gasteiger partial charge in [-0.15, -0.1) is 0 Å². The fraction of sp³-hybridized carbons (Fsp3) is 0.500. The molecule has 1 aliphatic heterocycles. The highest BCUT2D eigenvalue weighted by Crippen LogP contribution is 2.35. The van der Waals surface area contributed by atoms with Gasteiger partial charge in [-0.3, -0.25) is 0 Å². The Kier molecular flexibility index (Phi) is 4.21. The lowest BCUT2D eigenvalue weighted by Crippen LogP contribution is -2.47. The van der Waals surface area contributed by atoms with Crippen LogP contribution in [0.5, 0.6) is 5.88 Å². The molecule has 2 heterocycles. The molecule has 1 atom stereocenters. The number of pyridine rings is 1. The third-order valence-electron chi connectivity index (χ3n) is 3.35. The van der Waals surface area contributed by atoms with E-state index in [2.05, 4.69) is 11.6 Å². The van der Waals surface area contributed by atoms with Gasteiger partial charge >= 0.3 is 6.09 Å². The minimum atomic E-state index is -0.484. The Hall–Kier alpha value is -2.04. The van der Waals surface area contributed by atoms with Gasteiger partial charge in [-0.1, -0.05) is 12.7 Å². The molecule has 1 amide bonds. The number of aromatic nitrogens is 1. The van der Waals surface area contributed by atoms with Crippen LogP contribution in [-0.2, 0) is 4.74 Å². The van der Waals surface area contributed by atoms with Gasteiger partial charge in [0.2, 0.25) is 5.88 Å². The predicted octanol–water partition coefficient (Wildman–Crippen LogP) is 3.42. The SMILES string of the molecule is C=Cc1cc([C@@H]2CCN2C(=O)OC(C)(C)C)cnc1OC. The van der Waals surface area contributed by atoms with Gasteiger partial charge in [-0.2, -0.15) is 0 Å². The molecule has 5 nitrogen and oxygen atoms in total. The molecule has 1 saturated heterocycles. The summed E-state index contributed by atoms with van der Waals surface area (Å²) in [7, 11) is 1.57. The van der Waals surface area contributed by atoms with Crippen molar-refractivity contribution in [2.45, 2.75) is 38.8 Å². The summed E-state index contributed by atoms with van der Waals surface area (Å²) in [6.07, 6.45) is 4.07. The number of amides is 1. The van der Waals surface area contributed by atoms with Gasteiger partial charge in [0, 0.05) is 18.3 Å². The number of likely N-dealkylation sites (tertiary alicyclic amines) is 1. The molecule has 0 saturated carbocycles. The van der Waals surface area contributed by atoms with Gasteiger partial charge in [-0.25, -0.2) is 9.78 Å². The van der Waals surface area contributed by atoms with Crippen LogP contribution in [0, 0.1) is 0 Å². The van der Waals surface area contributed by atoms with Crippen molar-refractivity contribution in [3.63, 3.8) is 0 Å². The molecule has 0 aliphatic carbocycles. The van der Waals surface area contributed by atoms with Gasteiger partial charge in [0.25, 0.3) is 0 Å². The predicted molar refractivity (Wildman–Crippen MR) is 81.2 cm³/mol. The van der Waals surface area contributed by atoms with Crippen LogP contribution >= 0.6 is 0 Å². The summed E-state index contributed by atoms with van der Waals surface area (Å²) < 4.78 is 10.6. The number of hydrogen-bond acceptors (Lipinski definition) is 4. The lowest BCUT2D eigenvalue weighted by atomic mass is 9.95. The molecule has 1 aromatic rings. The number of hydrogen-bond donors (Lipinski definition) is 0. The Labute approximate surface area is 125 Å². The Bertz CT molecular complexity index is 549. The fourth-order valence-electron chi connectivity index (χ4n) is 2.26. The van der Waals surface area contributed by atoms with Gasteiger partial charge in [0.15, 0.2) is 0 Å². The van der Waals surface area contributed by atoms with Gasteiger partial charge in [-0.05, 0) is 38.8 Å². The average Bonchev–Trinajstić information content (AvgIpc) is 2.34. The Balaban J connectivity index is 2.15. The molecule has 0 radical (unpaired) electrons. The minimum absolute atomic E-state index is 0.0111. The van der Waals surface area contributed by atoms with Crippen molar-refractivity contribution in [3.8, 4) is 5.88 Å². The molecular formula is C16H22N2O3. The van der Waals surface area contributed by atoms with Crippen LogP contribution in [0.25, 0.3) is 6.08 Å². The molecule has 1 aromatic heterocycles. The molecular weight excluding hydrogens is 268 g/mol. The van der Waals surface area contributed by atoms with E-state index in [-0.39, 0.29) is 12.1 Å². The molecule has 0 unspecified atom stereocenters. The number of nitrogens with zero attached hydrogens (tertiary/aromatic N) is 2. The highest BCUT2D eigenvalue weighted by atomic mass is 16.6. The largest absolute Gasteiger partial charge is 0.481 e. The Morgan fingerprint density at radius 2 is 2.24 bits per heavy atom. The van der Waals surface area contributed by atoms with E-state index < -0.39 is 5.60 Å². The zero-order chi connectivity index (χ0) is 15.6. The maximum atomic E-state index is 12.1. The Morgan fingerprint density at radius 1 is 1.52 bits per heavy atom. The van der Waals surface area contributed by atoms with Crippen molar-refractivity contribution in [2.75, 3.05) is 13.7 Å². The van der Waals surface area contributed by atoms with Crippen molar-refractivity contribution in [2.24, 2.45) is 0 Å². The van der Waals surface area contributed by atoms with E-state index in [0.29, 0.717) is 12.4 Å². The zero-order valence-corrected chi connectivity index (χ0v) is 13.0. The normalized spacial score (nSPS) is 17.9. The van der Waals surface area contributed by atoms with Crippen LogP contribution < -0.4 is 4.74 Å². The first kappa shape index (κ1) is 15.4. The van der Waals surface area contributed by atoms with E-state index in [1.54, 1.807) is 24.3 Å². The summed E-state index contributed by atoms with van der Waals surface area (Å²) in [4.78, 5) is 18.1. The second kappa shape index (κ2) is 5.76. The summed E-state index contributed by atoms with van der Waals surface area (Å²) in [5.74, 6) is 0.539. The highest BCUT2D eigenvalue weighted by molar-refractivity contribution is 5.70. The Morgan fingerprint density at radius 3 is 2.71 bits per heavy atom. The first-order valence-electron chi connectivity index (χ1n) is 7.01. The van der Waals surface area contributed by atoms with Crippen molar-refractivity contribution in [1.82, 2.24) is 9.88 Å². The maximum Gasteiger partial charge on any atom is 0.410 e. The van der Waals surface area contributed by atoms with Crippen molar-refractivity contribution in [3.05, 3.63) is 30.0 Å². The third kappa shape index (κ3) is 3.35. The van der Waals surface area contributed by atoms with Crippen LogP contribution in [0.3, 0.4) is 0 Å². The third-order valence-corrected chi connectivity index (χ3v) is 3.35. The number of ether oxygens (including phenoxy) is 2. The fourth-order valence-corrected chi connectivity index (χ4v) is 2.26. The number of carbonyl (C=O) groups excluding carboxylic acids is 1. The molecule has 0 bridgehead atoms. The first-order valence-corrected chi connectivity index (χ1v) is 7.01. The average molecular weight is 290 g/mol. The van der Waals surface area contributed by atoms with E-state index in [9.17, 15) is 4.79 Å². The monoisotopic (exact) mass is 290 g/mol. The van der Waals surface area contributed by atoms with Gasteiger partial charge in [0.05, 0.1) is 13.2 Å². The molecule has 0 N–H and O–H groups in total. The highest BCUT2D eigenvalue weighted by Gasteiger charge is 2.36. The molecule has 5 heteroatoms. The van der Waals surface area contributed by atoms with E-state index in [4.69, 9.17) is 9.47 Å². The van der Waals surface area contributed by atoms with E-state index in [1.807, 2.05) is 26.8 Å². The van der Waals surface area contributed by atoms with Crippen LogP contribution in [0.2, 0.25) is 0 Å². The summed E-state index contributed by atoms with van der Waals surface area (Å²) >= 11 is 0. The standard InChI is InChI=1S/C16H22N2O3/c1-6-11-9-12(10-17-14(11)20-5)13-7-8-18(13)15(19)21-16(2,3)4/h6,9-10,13H,1,7-8H2,2-5H3/t13-/m0/s1. The van der Waals surface area contributed by atoms with E-state index in [1.165, 1.54) is 0 Å². The molecule has 2 rings (SSSR count). The summed E-state index contributed by atoms with van der Waals surface area (Å²) in [5, 5.41) is 0. The van der Waals surface area contributed by atoms with Crippen LogP contribution in [0.1, 0.15) is 44.4 Å². The lowest BCUT2D eigenvalue weighted by Gasteiger charge is -2.41. The maximum absolute atomic E-state index is 12.1. The van der Waals surface area contributed by atoms with Crippen molar-refractivity contribution < 1.29 is 14.3 Å². The summed E-state index contributed by atoms with van der Waals surface area (Å²) in [6, 6.07) is 1.97. The molecule has 114 valence electrons. The molecule has 0 spiro atoms. The van der Waals surface area contributed by atoms with Crippen LogP contribution in [0.4, 0.5) is 4.79 Å². The quantitative estimate of drug-likeness (QED) is 0.856. The minimum Gasteiger partial charge on any atom is -0.481 e. The molecule has 1 aliphatic rings. The van der Waals surface area contributed by atoms with Crippen LogP contribution in [0.15, 0.2) is 18.8 Å². The van der Waals surface area contributed by atoms with Crippen molar-refractivity contribution >= 4 is 12.2 Å².